The van der Waals surface area contributed by atoms with Crippen LogP contribution >= 0.6 is 11.8 Å². The fraction of sp³-hybridized carbons (Fsp3) is 0.250. The van der Waals surface area contributed by atoms with Gasteiger partial charge in [0.25, 0.3) is 5.91 Å². The molecule has 3 heterocycles. The van der Waals surface area contributed by atoms with Gasteiger partial charge in [0.05, 0.1) is 6.04 Å². The molecular formula is C24H18F5N3O3S. The zero-order valence-corrected chi connectivity index (χ0v) is 19.4. The molecule has 1 aromatic heterocycles. The summed E-state index contributed by atoms with van der Waals surface area (Å²) in [5, 5.41) is 11.7. The summed E-state index contributed by atoms with van der Waals surface area (Å²) in [4.78, 5) is 25.9. The van der Waals surface area contributed by atoms with E-state index in [-0.39, 0.29) is 16.2 Å². The number of aromatic hydroxyl groups is 1. The predicted octanol–water partition coefficient (Wildman–Crippen LogP) is 4.53. The number of hydrogen-bond donors (Lipinski definition) is 1. The van der Waals surface area contributed by atoms with Crippen LogP contribution in [0.4, 0.5) is 22.0 Å². The van der Waals surface area contributed by atoms with Gasteiger partial charge in [-0.1, -0.05) is 24.3 Å². The summed E-state index contributed by atoms with van der Waals surface area (Å²) >= 11 is 1.05. The highest BCUT2D eigenvalue weighted by Crippen LogP contribution is 2.45. The molecule has 12 heteroatoms. The van der Waals surface area contributed by atoms with Crippen molar-refractivity contribution in [1.82, 2.24) is 9.58 Å². The van der Waals surface area contributed by atoms with Gasteiger partial charge in [-0.05, 0) is 30.2 Å². The van der Waals surface area contributed by atoms with Crippen molar-refractivity contribution in [3.63, 3.8) is 0 Å². The Morgan fingerprint density at radius 2 is 1.69 bits per heavy atom. The van der Waals surface area contributed by atoms with Gasteiger partial charge in [0.15, 0.2) is 11.4 Å². The first-order valence-corrected chi connectivity index (χ1v) is 11.8. The van der Waals surface area contributed by atoms with E-state index in [1.54, 1.807) is 12.1 Å². The van der Waals surface area contributed by atoms with E-state index in [2.05, 4.69) is 0 Å². The highest BCUT2D eigenvalue weighted by Gasteiger charge is 2.47. The standard InChI is InChI=1S/C24H18F5N3O3S/c1-12(24(27,28)29)30-11-32(31-9-8-18(33)21(34)20(31)23(30)35)19-13-4-2-6-16(25)15(13)10-36-22-14(19)5-3-7-17(22)26/h2-9,12,19,34H,10-11H2,1H3/t12-,19+/m1/s1. The molecule has 188 valence electrons. The fourth-order valence-corrected chi connectivity index (χ4v) is 5.69. The maximum atomic E-state index is 14.9. The third-order valence-corrected chi connectivity index (χ3v) is 7.59. The first kappa shape index (κ1) is 24.2. The number of pyridine rings is 1. The van der Waals surface area contributed by atoms with Crippen molar-refractivity contribution in [3.05, 3.63) is 92.9 Å². The van der Waals surface area contributed by atoms with E-state index in [1.165, 1.54) is 29.3 Å². The van der Waals surface area contributed by atoms with Gasteiger partial charge in [0.2, 0.25) is 5.43 Å². The van der Waals surface area contributed by atoms with E-state index in [0.29, 0.717) is 16.0 Å². The van der Waals surface area contributed by atoms with Crippen LogP contribution < -0.4 is 10.4 Å². The molecule has 0 fully saturated rings. The summed E-state index contributed by atoms with van der Waals surface area (Å²) in [6.07, 6.45) is -3.66. The second-order valence-corrected chi connectivity index (χ2v) is 9.44. The molecule has 0 unspecified atom stereocenters. The molecular weight excluding hydrogens is 505 g/mol. The molecule has 0 saturated carbocycles. The van der Waals surface area contributed by atoms with Crippen LogP contribution in [0.25, 0.3) is 0 Å². The molecule has 0 radical (unpaired) electrons. The normalized spacial score (nSPS) is 18.3. The largest absolute Gasteiger partial charge is 0.502 e. The lowest BCUT2D eigenvalue weighted by Gasteiger charge is -2.46. The van der Waals surface area contributed by atoms with Crippen molar-refractivity contribution in [3.8, 4) is 5.75 Å². The van der Waals surface area contributed by atoms with Crippen molar-refractivity contribution in [2.24, 2.45) is 0 Å². The van der Waals surface area contributed by atoms with Crippen molar-refractivity contribution in [1.29, 1.82) is 0 Å². The Kier molecular flexibility index (Phi) is 5.73. The number of nitrogens with zero attached hydrogens (tertiary/aromatic N) is 3. The van der Waals surface area contributed by atoms with Crippen LogP contribution in [0.2, 0.25) is 0 Å². The summed E-state index contributed by atoms with van der Waals surface area (Å²) in [6, 6.07) is 6.11. The van der Waals surface area contributed by atoms with Crippen molar-refractivity contribution < 1.29 is 31.9 Å². The number of halogens is 5. The summed E-state index contributed by atoms with van der Waals surface area (Å²) in [6.45, 7) is 0.143. The molecule has 0 spiro atoms. The first-order chi connectivity index (χ1) is 17.0. The van der Waals surface area contributed by atoms with Crippen molar-refractivity contribution >= 4 is 17.7 Å². The smallest absolute Gasteiger partial charge is 0.408 e. The molecule has 0 saturated heterocycles. The molecule has 0 bridgehead atoms. The molecule has 36 heavy (non-hydrogen) atoms. The Hall–Kier alpha value is -3.54. The number of rotatable bonds is 2. The molecule has 0 aliphatic carbocycles. The maximum absolute atomic E-state index is 14.9. The molecule has 2 aromatic carbocycles. The van der Waals surface area contributed by atoms with Crippen LogP contribution in [0.3, 0.4) is 0 Å². The third kappa shape index (κ3) is 3.71. The average molecular weight is 523 g/mol. The summed E-state index contributed by atoms with van der Waals surface area (Å²) < 4.78 is 72.1. The highest BCUT2D eigenvalue weighted by molar-refractivity contribution is 7.98. The Labute approximate surface area is 205 Å². The number of hydrogen-bond acceptors (Lipinski definition) is 5. The number of alkyl halides is 3. The second-order valence-electron chi connectivity index (χ2n) is 8.45. The van der Waals surface area contributed by atoms with Crippen molar-refractivity contribution in [2.45, 2.75) is 35.8 Å². The third-order valence-electron chi connectivity index (χ3n) is 6.43. The minimum atomic E-state index is -4.82. The van der Waals surface area contributed by atoms with Crippen LogP contribution in [0, 0.1) is 11.6 Å². The Bertz CT molecular complexity index is 1390. The van der Waals surface area contributed by atoms with Gasteiger partial charge in [-0.2, -0.15) is 13.2 Å². The number of benzene rings is 2. The van der Waals surface area contributed by atoms with Crippen LogP contribution in [0.15, 0.2) is 58.4 Å². The van der Waals surface area contributed by atoms with Gasteiger partial charge >= 0.3 is 6.18 Å². The number of carbonyl (C=O) groups is 1. The van der Waals surface area contributed by atoms with E-state index >= 15 is 0 Å². The van der Waals surface area contributed by atoms with Gasteiger partial charge < -0.3 is 10.0 Å². The Balaban J connectivity index is 1.81. The Morgan fingerprint density at radius 1 is 1.03 bits per heavy atom. The number of carbonyl (C=O) groups excluding carboxylic acids is 1. The fourth-order valence-electron chi connectivity index (χ4n) is 4.55. The Morgan fingerprint density at radius 3 is 2.39 bits per heavy atom. The minimum Gasteiger partial charge on any atom is -0.502 e. The zero-order valence-electron chi connectivity index (χ0n) is 18.6. The monoisotopic (exact) mass is 523 g/mol. The van der Waals surface area contributed by atoms with Gasteiger partial charge in [0.1, 0.15) is 24.3 Å². The lowest BCUT2D eigenvalue weighted by atomic mass is 9.94. The van der Waals surface area contributed by atoms with E-state index in [9.17, 15) is 36.6 Å². The maximum Gasteiger partial charge on any atom is 0.408 e. The molecule has 3 aromatic rings. The molecule has 1 N–H and O–H groups in total. The van der Waals surface area contributed by atoms with E-state index in [1.807, 2.05) is 0 Å². The van der Waals surface area contributed by atoms with Gasteiger partial charge in [-0.15, -0.1) is 11.8 Å². The van der Waals surface area contributed by atoms with Crippen LogP contribution in [-0.4, -0.2) is 39.5 Å². The molecule has 6 nitrogen and oxygen atoms in total. The van der Waals surface area contributed by atoms with E-state index < -0.39 is 59.3 Å². The van der Waals surface area contributed by atoms with Gasteiger partial charge in [-0.25, -0.2) is 8.78 Å². The second kappa shape index (κ2) is 8.54. The summed E-state index contributed by atoms with van der Waals surface area (Å²) in [5.74, 6) is -3.33. The van der Waals surface area contributed by atoms with Gasteiger partial charge in [0, 0.05) is 28.5 Å². The molecule has 2 aliphatic rings. The number of amides is 1. The number of aromatic nitrogens is 1. The van der Waals surface area contributed by atoms with E-state index in [4.69, 9.17) is 0 Å². The highest BCUT2D eigenvalue weighted by atomic mass is 32.2. The quantitative estimate of drug-likeness (QED) is 0.501. The lowest BCUT2D eigenvalue weighted by molar-refractivity contribution is -0.173. The SMILES string of the molecule is C[C@@H](N1CN([C@H]2c3cccc(F)c3CSc3c(F)cccc32)n2ccc(=O)c(O)c2C1=O)C(F)(F)F. The number of fused-ring (bicyclic) bond motifs is 3. The lowest BCUT2D eigenvalue weighted by Crippen LogP contribution is -2.60. The van der Waals surface area contributed by atoms with Crippen LogP contribution in [0.5, 0.6) is 5.75 Å². The van der Waals surface area contributed by atoms with Crippen LogP contribution in [0.1, 0.15) is 40.1 Å². The summed E-state index contributed by atoms with van der Waals surface area (Å²) in [7, 11) is 0. The first-order valence-electron chi connectivity index (χ1n) is 10.8. The average Bonchev–Trinajstić information content (AvgIpc) is 2.99. The van der Waals surface area contributed by atoms with Gasteiger partial charge in [-0.3, -0.25) is 19.3 Å². The minimum absolute atomic E-state index is 0.0597. The predicted molar refractivity (Wildman–Crippen MR) is 121 cm³/mol. The number of thioether (sulfide) groups is 1. The molecule has 2 aliphatic heterocycles. The topological polar surface area (TPSA) is 65.8 Å². The molecule has 1 amide bonds. The summed E-state index contributed by atoms with van der Waals surface area (Å²) in [5.41, 5.74) is -0.710. The van der Waals surface area contributed by atoms with Crippen molar-refractivity contribution in [2.75, 3.05) is 11.7 Å². The van der Waals surface area contributed by atoms with E-state index in [0.717, 1.165) is 35.6 Å². The molecule has 5 rings (SSSR count). The zero-order chi connectivity index (χ0) is 25.9. The van der Waals surface area contributed by atoms with Crippen LogP contribution in [-0.2, 0) is 5.75 Å². The molecule has 2 atom stereocenters.